The van der Waals surface area contributed by atoms with Gasteiger partial charge in [-0.15, -0.1) is 11.3 Å². The Hall–Kier alpha value is -3.95. The Balaban J connectivity index is 1.13. The van der Waals surface area contributed by atoms with Crippen molar-refractivity contribution in [1.82, 2.24) is 29.6 Å². The van der Waals surface area contributed by atoms with Gasteiger partial charge in [0.15, 0.2) is 0 Å². The van der Waals surface area contributed by atoms with Gasteiger partial charge in [0.2, 0.25) is 0 Å². The van der Waals surface area contributed by atoms with Crippen LogP contribution >= 0.6 is 11.3 Å². The second-order valence-electron chi connectivity index (χ2n) is 11.7. The molecule has 0 aliphatic carbocycles. The van der Waals surface area contributed by atoms with Gasteiger partial charge in [0, 0.05) is 72.2 Å². The normalized spacial score (nSPS) is 15.7. The number of anilines is 1. The van der Waals surface area contributed by atoms with Crippen LogP contribution in [-0.2, 0) is 25.9 Å². The summed E-state index contributed by atoms with van der Waals surface area (Å²) in [4.78, 5) is 12.4. The second-order valence-corrected chi connectivity index (χ2v) is 12.8. The highest BCUT2D eigenvalue weighted by atomic mass is 32.1. The quantitative estimate of drug-likeness (QED) is 0.183. The van der Waals surface area contributed by atoms with Gasteiger partial charge in [-0.25, -0.2) is 9.97 Å². The van der Waals surface area contributed by atoms with Crippen molar-refractivity contribution < 1.29 is 13.2 Å². The lowest BCUT2D eigenvalue weighted by molar-refractivity contribution is -0.126. The molecule has 0 amide bonds. The van der Waals surface area contributed by atoms with Gasteiger partial charge >= 0.3 is 6.18 Å². The van der Waals surface area contributed by atoms with Crippen LogP contribution in [0.1, 0.15) is 65.8 Å². The number of aryl methyl sites for hydroxylation is 2. The zero-order chi connectivity index (χ0) is 31.0. The Morgan fingerprint density at radius 2 is 1.95 bits per heavy atom. The van der Waals surface area contributed by atoms with Gasteiger partial charge in [-0.3, -0.25) is 10.00 Å². The molecule has 4 aromatic heterocycles. The molecule has 8 nitrogen and oxygen atoms in total. The molecule has 0 radical (unpaired) electrons. The summed E-state index contributed by atoms with van der Waals surface area (Å²) in [6, 6.07) is 12.4. The van der Waals surface area contributed by atoms with Crippen molar-refractivity contribution in [3.63, 3.8) is 0 Å². The van der Waals surface area contributed by atoms with Crippen LogP contribution in [0, 0.1) is 18.3 Å². The number of hydrogen-bond acceptors (Lipinski definition) is 7. The molecule has 12 heteroatoms. The Kier molecular flexibility index (Phi) is 8.35. The fourth-order valence-electron chi connectivity index (χ4n) is 6.13. The number of aromatic amines is 1. The van der Waals surface area contributed by atoms with Crippen molar-refractivity contribution in [2.24, 2.45) is 0 Å². The number of H-pyrrole nitrogens is 1. The van der Waals surface area contributed by atoms with Crippen LogP contribution in [0.4, 0.5) is 19.0 Å². The number of rotatable bonds is 9. The third-order valence-electron chi connectivity index (χ3n) is 8.59. The minimum atomic E-state index is -4.26. The van der Waals surface area contributed by atoms with Gasteiger partial charge in [0.25, 0.3) is 0 Å². The highest BCUT2D eigenvalue weighted by molar-refractivity contribution is 7.18. The third-order valence-corrected chi connectivity index (χ3v) is 9.62. The summed E-state index contributed by atoms with van der Waals surface area (Å²) in [5, 5.41) is 22.3. The van der Waals surface area contributed by atoms with Gasteiger partial charge in [0.1, 0.15) is 28.2 Å². The SMILES string of the molecule is CCc1nc(NC2CCN(Cc3ccc4c(cc(C#N)n4CC(C)c4ccn[nH]4)c3C)CC2)c2cc(CC(F)(F)F)sc2n1. The number of fused-ring (bicyclic) bond motifs is 2. The average Bonchev–Trinajstić information content (AvgIpc) is 3.74. The molecule has 5 heterocycles. The lowest BCUT2D eigenvalue weighted by Crippen LogP contribution is -2.39. The minimum absolute atomic E-state index is 0.174. The van der Waals surface area contributed by atoms with E-state index in [1.807, 2.05) is 19.1 Å². The maximum absolute atomic E-state index is 13.0. The molecule has 0 bridgehead atoms. The Labute approximate surface area is 257 Å². The molecule has 1 fully saturated rings. The van der Waals surface area contributed by atoms with E-state index in [0.29, 0.717) is 40.5 Å². The topological polar surface area (TPSA) is 98.5 Å². The molecule has 1 aliphatic rings. The minimum Gasteiger partial charge on any atom is -0.367 e. The van der Waals surface area contributed by atoms with E-state index in [-0.39, 0.29) is 16.8 Å². The van der Waals surface area contributed by atoms with Crippen molar-refractivity contribution in [2.75, 3.05) is 18.4 Å². The first-order chi connectivity index (χ1) is 21.1. The van der Waals surface area contributed by atoms with Crippen LogP contribution in [0.15, 0.2) is 36.5 Å². The van der Waals surface area contributed by atoms with Gasteiger partial charge in [-0.2, -0.15) is 23.5 Å². The van der Waals surface area contributed by atoms with E-state index in [9.17, 15) is 18.4 Å². The molecule has 1 unspecified atom stereocenters. The number of thiophene rings is 1. The predicted octanol–water partition coefficient (Wildman–Crippen LogP) is 7.10. The van der Waals surface area contributed by atoms with E-state index in [2.05, 4.69) is 67.0 Å². The van der Waals surface area contributed by atoms with E-state index in [1.54, 1.807) is 12.3 Å². The molecule has 5 aromatic rings. The number of aromatic nitrogens is 5. The number of halogens is 3. The molecular formula is C32H35F3N8S. The van der Waals surface area contributed by atoms with E-state index in [1.165, 1.54) is 11.1 Å². The molecule has 6 rings (SSSR count). The number of nitrogens with one attached hydrogen (secondary N) is 2. The third kappa shape index (κ3) is 6.30. The average molecular weight is 621 g/mol. The molecule has 2 N–H and O–H groups in total. The molecular weight excluding hydrogens is 585 g/mol. The predicted molar refractivity (Wildman–Crippen MR) is 167 cm³/mol. The molecule has 1 aromatic carbocycles. The standard InChI is InChI=1S/C32H35F3N8S/c1-4-29-39-30(26-14-24(15-32(33,34)35)44-31(26)40-29)38-22-8-11-42(12-9-22)18-21-5-6-28-25(20(21)3)13-23(16-36)43(28)17-19(2)27-7-10-37-41-27/h5-7,10,13-14,19,22H,4,8-9,11-12,15,17-18H2,1-3H3,(H,37,41)(H,38,39,40). The number of alkyl halides is 3. The van der Waals surface area contributed by atoms with Crippen LogP contribution in [0.25, 0.3) is 21.1 Å². The van der Waals surface area contributed by atoms with Gasteiger partial charge in [0.05, 0.1) is 11.8 Å². The molecule has 0 saturated carbocycles. The smallest absolute Gasteiger partial charge is 0.367 e. The maximum Gasteiger partial charge on any atom is 0.393 e. The zero-order valence-corrected chi connectivity index (χ0v) is 25.8. The monoisotopic (exact) mass is 620 g/mol. The number of nitriles is 1. The number of hydrogen-bond donors (Lipinski definition) is 2. The van der Waals surface area contributed by atoms with Crippen LogP contribution < -0.4 is 5.32 Å². The maximum atomic E-state index is 13.0. The molecule has 44 heavy (non-hydrogen) atoms. The summed E-state index contributed by atoms with van der Waals surface area (Å²) in [5.41, 5.74) is 5.19. The Bertz CT molecular complexity index is 1810. The molecule has 1 aliphatic heterocycles. The lowest BCUT2D eigenvalue weighted by Gasteiger charge is -2.33. The summed E-state index contributed by atoms with van der Waals surface area (Å²) in [6.07, 6.45) is -1.06. The molecule has 230 valence electrons. The molecule has 1 atom stereocenters. The van der Waals surface area contributed by atoms with E-state index in [0.717, 1.165) is 60.4 Å². The first-order valence-electron chi connectivity index (χ1n) is 15.0. The fraction of sp³-hybridized carbons (Fsp3) is 0.438. The first-order valence-corrected chi connectivity index (χ1v) is 15.8. The Morgan fingerprint density at radius 3 is 2.64 bits per heavy atom. The summed E-state index contributed by atoms with van der Waals surface area (Å²) < 4.78 is 41.2. The summed E-state index contributed by atoms with van der Waals surface area (Å²) in [6.45, 7) is 9.48. The Morgan fingerprint density at radius 1 is 1.16 bits per heavy atom. The number of piperidine rings is 1. The van der Waals surface area contributed by atoms with Crippen molar-refractivity contribution in [3.8, 4) is 6.07 Å². The molecule has 0 spiro atoms. The van der Waals surface area contributed by atoms with Crippen LogP contribution in [0.2, 0.25) is 0 Å². The van der Waals surface area contributed by atoms with E-state index in [4.69, 9.17) is 0 Å². The highest BCUT2D eigenvalue weighted by Crippen LogP contribution is 2.34. The van der Waals surface area contributed by atoms with E-state index < -0.39 is 12.6 Å². The van der Waals surface area contributed by atoms with Crippen molar-refractivity contribution >= 4 is 38.3 Å². The van der Waals surface area contributed by atoms with Crippen LogP contribution in [-0.4, -0.2) is 54.9 Å². The summed E-state index contributed by atoms with van der Waals surface area (Å²) in [5.74, 6) is 1.45. The van der Waals surface area contributed by atoms with Crippen LogP contribution in [0.5, 0.6) is 0 Å². The molecule has 1 saturated heterocycles. The van der Waals surface area contributed by atoms with Crippen LogP contribution in [0.3, 0.4) is 0 Å². The number of benzene rings is 1. The largest absolute Gasteiger partial charge is 0.393 e. The second kappa shape index (κ2) is 12.2. The summed E-state index contributed by atoms with van der Waals surface area (Å²) >= 11 is 1.10. The number of likely N-dealkylation sites (tertiary alicyclic amines) is 1. The van der Waals surface area contributed by atoms with Crippen molar-refractivity contribution in [1.29, 1.82) is 5.26 Å². The summed E-state index contributed by atoms with van der Waals surface area (Å²) in [7, 11) is 0. The fourth-order valence-corrected chi connectivity index (χ4v) is 7.21. The van der Waals surface area contributed by atoms with Gasteiger partial charge < -0.3 is 9.88 Å². The van der Waals surface area contributed by atoms with E-state index >= 15 is 0 Å². The van der Waals surface area contributed by atoms with Crippen molar-refractivity contribution in [2.45, 2.75) is 77.7 Å². The first kappa shape index (κ1) is 30.1. The zero-order valence-electron chi connectivity index (χ0n) is 25.0. The van der Waals surface area contributed by atoms with Gasteiger partial charge in [-0.1, -0.05) is 19.9 Å². The van der Waals surface area contributed by atoms with Gasteiger partial charge in [-0.05, 0) is 55.2 Å². The van der Waals surface area contributed by atoms with Crippen molar-refractivity contribution in [3.05, 3.63) is 69.7 Å². The highest BCUT2D eigenvalue weighted by Gasteiger charge is 2.29. The lowest BCUT2D eigenvalue weighted by atomic mass is 10.0. The number of nitrogens with zero attached hydrogens (tertiary/aromatic N) is 6.